The van der Waals surface area contributed by atoms with E-state index < -0.39 is 6.03 Å². The van der Waals surface area contributed by atoms with Crippen LogP contribution in [0.25, 0.3) is 0 Å². The van der Waals surface area contributed by atoms with Crippen molar-refractivity contribution < 1.29 is 14.4 Å². The van der Waals surface area contributed by atoms with Gasteiger partial charge in [0.05, 0.1) is 0 Å². The summed E-state index contributed by atoms with van der Waals surface area (Å²) < 4.78 is 0. The number of para-hydroxylation sites is 1. The fraction of sp³-hybridized carbons (Fsp3) is 0.182. The first-order valence-corrected chi connectivity index (χ1v) is 5.09. The van der Waals surface area contributed by atoms with Crippen LogP contribution in [0.5, 0.6) is 0 Å². The van der Waals surface area contributed by atoms with Crippen molar-refractivity contribution in [2.45, 2.75) is 0 Å². The highest BCUT2D eigenvalue weighted by Crippen LogP contribution is 2.05. The summed E-state index contributed by atoms with van der Waals surface area (Å²) in [5.74, 6) is -0.719. The number of nitrogens with one attached hydrogen (secondary N) is 2. The predicted octanol–water partition coefficient (Wildman–Crippen LogP) is 0.177. The van der Waals surface area contributed by atoms with E-state index in [9.17, 15) is 14.4 Å². The summed E-state index contributed by atoms with van der Waals surface area (Å²) in [6.45, 7) is -0.201. The largest absolute Gasteiger partial charge is 0.325 e. The molecule has 6 nitrogen and oxygen atoms in total. The molecule has 0 radical (unpaired) electrons. The van der Waals surface area contributed by atoms with E-state index in [0.29, 0.717) is 5.69 Å². The second kappa shape index (κ2) is 4.65. The first kappa shape index (κ1) is 11.1. The van der Waals surface area contributed by atoms with E-state index in [2.05, 4.69) is 10.6 Å². The Balaban J connectivity index is 1.90. The van der Waals surface area contributed by atoms with Gasteiger partial charge in [-0.05, 0) is 12.1 Å². The van der Waals surface area contributed by atoms with E-state index >= 15 is 0 Å². The van der Waals surface area contributed by atoms with Gasteiger partial charge >= 0.3 is 6.03 Å². The van der Waals surface area contributed by atoms with E-state index in [0.717, 1.165) is 4.90 Å². The molecule has 4 amide bonds. The number of anilines is 1. The van der Waals surface area contributed by atoms with Gasteiger partial charge in [-0.2, -0.15) is 0 Å². The molecule has 17 heavy (non-hydrogen) atoms. The van der Waals surface area contributed by atoms with E-state index in [1.54, 1.807) is 24.3 Å². The Bertz CT molecular complexity index is 458. The normalized spacial score (nSPS) is 14.7. The lowest BCUT2D eigenvalue weighted by Crippen LogP contribution is -2.35. The lowest BCUT2D eigenvalue weighted by molar-refractivity contribution is -0.119. The third-order valence-corrected chi connectivity index (χ3v) is 2.26. The third kappa shape index (κ3) is 2.81. The number of benzene rings is 1. The van der Waals surface area contributed by atoms with Gasteiger partial charge in [0, 0.05) is 5.69 Å². The number of carbonyl (C=O) groups excluding carboxylic acids is 3. The van der Waals surface area contributed by atoms with E-state index in [1.165, 1.54) is 0 Å². The van der Waals surface area contributed by atoms with Crippen LogP contribution in [-0.4, -0.2) is 35.8 Å². The summed E-state index contributed by atoms with van der Waals surface area (Å²) in [4.78, 5) is 34.8. The maximum atomic E-state index is 11.6. The maximum Gasteiger partial charge on any atom is 0.325 e. The molecule has 1 aromatic rings. The Kier molecular flexibility index (Phi) is 3.04. The van der Waals surface area contributed by atoms with Crippen molar-refractivity contribution in [2.75, 3.05) is 18.4 Å². The lowest BCUT2D eigenvalue weighted by Gasteiger charge is -2.12. The van der Waals surface area contributed by atoms with Gasteiger partial charge in [-0.3, -0.25) is 14.9 Å². The van der Waals surface area contributed by atoms with Crippen molar-refractivity contribution >= 4 is 23.5 Å². The molecule has 0 atom stereocenters. The predicted molar refractivity (Wildman–Crippen MR) is 60.2 cm³/mol. The van der Waals surface area contributed by atoms with Crippen LogP contribution in [0.1, 0.15) is 0 Å². The Labute approximate surface area is 97.6 Å². The van der Waals surface area contributed by atoms with Gasteiger partial charge in [-0.1, -0.05) is 18.2 Å². The van der Waals surface area contributed by atoms with Gasteiger partial charge in [-0.15, -0.1) is 0 Å². The zero-order valence-corrected chi connectivity index (χ0v) is 8.97. The van der Waals surface area contributed by atoms with Crippen LogP contribution in [0, 0.1) is 0 Å². The summed E-state index contributed by atoms with van der Waals surface area (Å²) in [5.41, 5.74) is 0.656. The highest BCUT2D eigenvalue weighted by molar-refractivity contribution is 6.04. The number of rotatable bonds is 3. The van der Waals surface area contributed by atoms with Gasteiger partial charge in [0.2, 0.25) is 11.8 Å². The Morgan fingerprint density at radius 2 is 2.00 bits per heavy atom. The van der Waals surface area contributed by atoms with Crippen LogP contribution in [0.3, 0.4) is 0 Å². The second-order valence-corrected chi connectivity index (χ2v) is 3.62. The quantitative estimate of drug-likeness (QED) is 0.731. The molecule has 0 saturated carbocycles. The fourth-order valence-corrected chi connectivity index (χ4v) is 1.51. The zero-order valence-electron chi connectivity index (χ0n) is 8.97. The zero-order chi connectivity index (χ0) is 12.3. The Morgan fingerprint density at radius 3 is 2.59 bits per heavy atom. The van der Waals surface area contributed by atoms with Crippen molar-refractivity contribution in [3.8, 4) is 0 Å². The average Bonchev–Trinajstić information content (AvgIpc) is 2.58. The summed E-state index contributed by atoms with van der Waals surface area (Å²) in [6, 6.07) is 8.38. The molecule has 1 heterocycles. The van der Waals surface area contributed by atoms with Gasteiger partial charge in [-0.25, -0.2) is 4.79 Å². The van der Waals surface area contributed by atoms with Crippen molar-refractivity contribution in [3.63, 3.8) is 0 Å². The van der Waals surface area contributed by atoms with Crippen LogP contribution in [0.2, 0.25) is 0 Å². The molecular weight excluding hydrogens is 222 g/mol. The summed E-state index contributed by atoms with van der Waals surface area (Å²) in [7, 11) is 0. The molecule has 0 aromatic heterocycles. The van der Waals surface area contributed by atoms with Crippen LogP contribution >= 0.6 is 0 Å². The monoisotopic (exact) mass is 233 g/mol. The van der Waals surface area contributed by atoms with Gasteiger partial charge in [0.15, 0.2) is 0 Å². The highest BCUT2D eigenvalue weighted by atomic mass is 16.2. The number of nitrogens with zero attached hydrogens (tertiary/aromatic N) is 1. The topological polar surface area (TPSA) is 78.5 Å². The average molecular weight is 233 g/mol. The van der Waals surface area contributed by atoms with Crippen molar-refractivity contribution in [2.24, 2.45) is 0 Å². The summed E-state index contributed by atoms with van der Waals surface area (Å²) in [6.07, 6.45) is 0. The summed E-state index contributed by atoms with van der Waals surface area (Å²) >= 11 is 0. The van der Waals surface area contributed by atoms with E-state index in [4.69, 9.17) is 0 Å². The van der Waals surface area contributed by atoms with Crippen LogP contribution in [-0.2, 0) is 9.59 Å². The maximum absolute atomic E-state index is 11.6. The molecule has 0 unspecified atom stereocenters. The molecule has 2 N–H and O–H groups in total. The third-order valence-electron chi connectivity index (χ3n) is 2.26. The molecule has 1 aliphatic rings. The van der Waals surface area contributed by atoms with Gasteiger partial charge < -0.3 is 10.2 Å². The molecule has 0 spiro atoms. The molecule has 1 aromatic carbocycles. The van der Waals surface area contributed by atoms with Crippen molar-refractivity contribution in [1.82, 2.24) is 10.2 Å². The van der Waals surface area contributed by atoms with Crippen molar-refractivity contribution in [1.29, 1.82) is 0 Å². The summed E-state index contributed by atoms with van der Waals surface area (Å²) in [5, 5.41) is 4.74. The SMILES string of the molecule is O=C1CN(CC(=O)Nc2ccccc2)C(=O)N1. The highest BCUT2D eigenvalue weighted by Gasteiger charge is 2.28. The van der Waals surface area contributed by atoms with Gasteiger partial charge in [0.25, 0.3) is 0 Å². The smallest absolute Gasteiger partial charge is 0.325 e. The minimum Gasteiger partial charge on any atom is -0.325 e. The first-order chi connectivity index (χ1) is 8.15. The lowest BCUT2D eigenvalue weighted by atomic mass is 10.3. The van der Waals surface area contributed by atoms with Crippen LogP contribution < -0.4 is 10.6 Å². The number of urea groups is 1. The molecule has 2 rings (SSSR count). The standard InChI is InChI=1S/C11H11N3O3/c15-9(12-8-4-2-1-3-5-8)6-14-7-10(16)13-11(14)17/h1-5H,6-7H2,(H,12,15)(H,13,16,17). The van der Waals surface area contributed by atoms with Crippen LogP contribution in [0.15, 0.2) is 30.3 Å². The molecule has 0 aliphatic carbocycles. The molecule has 1 saturated heterocycles. The number of carbonyl (C=O) groups is 3. The van der Waals surface area contributed by atoms with E-state index in [-0.39, 0.29) is 24.9 Å². The number of hydrogen-bond donors (Lipinski definition) is 2. The number of hydrogen-bond acceptors (Lipinski definition) is 3. The Morgan fingerprint density at radius 1 is 1.29 bits per heavy atom. The number of imide groups is 1. The number of amides is 4. The molecule has 88 valence electrons. The second-order valence-electron chi connectivity index (χ2n) is 3.62. The molecule has 0 bridgehead atoms. The first-order valence-electron chi connectivity index (χ1n) is 5.09. The molecule has 6 heteroatoms. The minimum absolute atomic E-state index is 0.0684. The van der Waals surface area contributed by atoms with E-state index in [1.807, 2.05) is 6.07 Å². The fourth-order valence-electron chi connectivity index (χ4n) is 1.51. The minimum atomic E-state index is -0.529. The van der Waals surface area contributed by atoms with Crippen LogP contribution in [0.4, 0.5) is 10.5 Å². The molecular formula is C11H11N3O3. The van der Waals surface area contributed by atoms with Crippen molar-refractivity contribution in [3.05, 3.63) is 30.3 Å². The molecule has 1 fully saturated rings. The molecule has 1 aliphatic heterocycles. The van der Waals surface area contributed by atoms with Gasteiger partial charge in [0.1, 0.15) is 13.1 Å². The Hall–Kier alpha value is -2.37.